The fourth-order valence-electron chi connectivity index (χ4n) is 1.29. The molecule has 0 unspecified atom stereocenters. The molecule has 0 rings (SSSR count). The van der Waals surface area contributed by atoms with E-state index in [1.807, 2.05) is 0 Å². The van der Waals surface area contributed by atoms with Gasteiger partial charge in [0, 0.05) is 19.8 Å². The minimum Gasteiger partial charge on any atom is -0.328 e. The number of ether oxygens (including phenoxy) is 3. The molecule has 0 aromatic heterocycles. The van der Waals surface area contributed by atoms with E-state index in [0.717, 1.165) is 0 Å². The van der Waals surface area contributed by atoms with E-state index >= 15 is 0 Å². The van der Waals surface area contributed by atoms with Crippen molar-refractivity contribution >= 4 is 7.82 Å². The fraction of sp³-hybridized carbons (Fsp3) is 1.00. The molecule has 0 heterocycles. The van der Waals surface area contributed by atoms with Gasteiger partial charge in [0.2, 0.25) is 0 Å². The van der Waals surface area contributed by atoms with Gasteiger partial charge >= 0.3 is 7.82 Å². The molecule has 0 amide bonds. The Morgan fingerprint density at radius 2 is 1.41 bits per heavy atom. The van der Waals surface area contributed by atoms with Gasteiger partial charge in [-0.15, -0.1) is 0 Å². The Morgan fingerprint density at radius 3 is 1.71 bits per heavy atom. The summed E-state index contributed by atoms with van der Waals surface area (Å²) in [5.41, 5.74) is 0. The topological polar surface area (TPSA) is 94.5 Å². The van der Waals surface area contributed by atoms with Crippen molar-refractivity contribution < 1.29 is 33.1 Å². The lowest BCUT2D eigenvalue weighted by Crippen LogP contribution is -2.40. The molecule has 0 saturated carbocycles. The Morgan fingerprint density at radius 1 is 1.00 bits per heavy atom. The summed E-state index contributed by atoms with van der Waals surface area (Å²) < 4.78 is 30.9. The van der Waals surface area contributed by atoms with Gasteiger partial charge in [-0.25, -0.2) is 4.57 Å². The molecule has 2 N–H and O–H groups in total. The van der Waals surface area contributed by atoms with Gasteiger partial charge < -0.3 is 24.0 Å². The lowest BCUT2D eigenvalue weighted by Gasteiger charge is -2.32. The van der Waals surface area contributed by atoms with Gasteiger partial charge in [-0.05, 0) is 20.8 Å². The van der Waals surface area contributed by atoms with Crippen LogP contribution in [0.5, 0.6) is 0 Å². The Hall–Kier alpha value is -0.0100. The molecule has 0 aliphatic rings. The fourth-order valence-corrected chi connectivity index (χ4v) is 1.62. The van der Waals surface area contributed by atoms with E-state index in [9.17, 15) is 4.57 Å². The average molecular weight is 272 g/mol. The first-order chi connectivity index (χ1) is 7.89. The van der Waals surface area contributed by atoms with Crippen molar-refractivity contribution in [2.75, 3.05) is 26.4 Å². The zero-order valence-electron chi connectivity index (χ0n) is 10.4. The predicted octanol–water partition coefficient (Wildman–Crippen LogP) is 1.25. The SMILES string of the molecule is CCOC(CCOP(=O)(O)O)(OCC)OCC. The molecule has 7 nitrogen and oxygen atoms in total. The van der Waals surface area contributed by atoms with Crippen LogP contribution in [0.4, 0.5) is 0 Å². The van der Waals surface area contributed by atoms with Crippen LogP contribution in [-0.2, 0) is 23.3 Å². The molecule has 0 saturated heterocycles. The van der Waals surface area contributed by atoms with Crippen molar-refractivity contribution in [2.45, 2.75) is 33.2 Å². The summed E-state index contributed by atoms with van der Waals surface area (Å²) in [4.78, 5) is 17.1. The summed E-state index contributed by atoms with van der Waals surface area (Å²) in [6, 6.07) is 0. The van der Waals surface area contributed by atoms with Crippen molar-refractivity contribution in [3.63, 3.8) is 0 Å². The Balaban J connectivity index is 4.38. The Kier molecular flexibility index (Phi) is 8.15. The summed E-state index contributed by atoms with van der Waals surface area (Å²) in [7, 11) is -4.48. The summed E-state index contributed by atoms with van der Waals surface area (Å²) >= 11 is 0. The molecule has 8 heteroatoms. The molecular weight excluding hydrogens is 251 g/mol. The van der Waals surface area contributed by atoms with E-state index in [4.69, 9.17) is 24.0 Å². The number of hydrogen-bond donors (Lipinski definition) is 2. The van der Waals surface area contributed by atoms with Crippen molar-refractivity contribution in [2.24, 2.45) is 0 Å². The lowest BCUT2D eigenvalue weighted by molar-refractivity contribution is -0.380. The summed E-state index contributed by atoms with van der Waals surface area (Å²) in [5, 5.41) is 0. The maximum absolute atomic E-state index is 10.5. The predicted molar refractivity (Wildman–Crippen MR) is 60.2 cm³/mol. The summed E-state index contributed by atoms with van der Waals surface area (Å²) in [6.45, 7) is 6.18. The van der Waals surface area contributed by atoms with Crippen LogP contribution >= 0.6 is 7.82 Å². The zero-order valence-corrected chi connectivity index (χ0v) is 11.3. The van der Waals surface area contributed by atoms with E-state index in [1.165, 1.54) is 0 Å². The van der Waals surface area contributed by atoms with Gasteiger partial charge in [0.25, 0.3) is 5.97 Å². The average Bonchev–Trinajstić information content (AvgIpc) is 2.16. The first-order valence-corrected chi connectivity index (χ1v) is 7.04. The second-order valence-electron chi connectivity index (χ2n) is 3.06. The van der Waals surface area contributed by atoms with Crippen LogP contribution in [0.15, 0.2) is 0 Å². The third kappa shape index (κ3) is 7.83. The first kappa shape index (κ1) is 17.0. The molecule has 104 valence electrons. The number of rotatable bonds is 10. The van der Waals surface area contributed by atoms with Gasteiger partial charge in [-0.3, -0.25) is 4.52 Å². The van der Waals surface area contributed by atoms with E-state index in [-0.39, 0.29) is 13.0 Å². The van der Waals surface area contributed by atoms with Gasteiger partial charge in [0.05, 0.1) is 13.0 Å². The Bertz CT molecular complexity index is 222. The number of hydrogen-bond acceptors (Lipinski definition) is 5. The summed E-state index contributed by atoms with van der Waals surface area (Å²) in [6.07, 6.45) is 0.0770. The zero-order chi connectivity index (χ0) is 13.4. The highest BCUT2D eigenvalue weighted by atomic mass is 31.2. The van der Waals surface area contributed by atoms with Crippen molar-refractivity contribution in [3.8, 4) is 0 Å². The highest BCUT2D eigenvalue weighted by Gasteiger charge is 2.33. The Labute approximate surface area is 101 Å². The van der Waals surface area contributed by atoms with Crippen LogP contribution in [0.1, 0.15) is 27.2 Å². The molecule has 0 radical (unpaired) electrons. The minimum absolute atomic E-state index is 0.0770. The van der Waals surface area contributed by atoms with Gasteiger partial charge in [-0.2, -0.15) is 0 Å². The van der Waals surface area contributed by atoms with Crippen LogP contribution in [-0.4, -0.2) is 42.2 Å². The smallest absolute Gasteiger partial charge is 0.328 e. The number of phosphoric acid groups is 1. The van der Waals surface area contributed by atoms with Crippen LogP contribution in [0, 0.1) is 0 Å². The normalized spacial score (nSPS) is 13.0. The molecule has 0 fully saturated rings. The molecule has 0 atom stereocenters. The molecule has 0 aliphatic carbocycles. The third-order valence-corrected chi connectivity index (χ3v) is 2.28. The van der Waals surface area contributed by atoms with Crippen LogP contribution < -0.4 is 0 Å². The van der Waals surface area contributed by atoms with Crippen molar-refractivity contribution in [3.05, 3.63) is 0 Å². The van der Waals surface area contributed by atoms with Crippen LogP contribution in [0.2, 0.25) is 0 Å². The molecule has 0 bridgehead atoms. The summed E-state index contributed by atoms with van der Waals surface area (Å²) in [5.74, 6) is -1.30. The highest BCUT2D eigenvalue weighted by Crippen LogP contribution is 2.36. The van der Waals surface area contributed by atoms with Crippen LogP contribution in [0.25, 0.3) is 0 Å². The monoisotopic (exact) mass is 272 g/mol. The van der Waals surface area contributed by atoms with Gasteiger partial charge in [0.15, 0.2) is 0 Å². The molecule has 0 aromatic rings. The molecule has 17 heavy (non-hydrogen) atoms. The largest absolute Gasteiger partial charge is 0.469 e. The lowest BCUT2D eigenvalue weighted by atomic mass is 10.4. The second kappa shape index (κ2) is 8.16. The third-order valence-electron chi connectivity index (χ3n) is 1.76. The van der Waals surface area contributed by atoms with Crippen molar-refractivity contribution in [1.29, 1.82) is 0 Å². The second-order valence-corrected chi connectivity index (χ2v) is 4.30. The quantitative estimate of drug-likeness (QED) is 0.456. The molecule has 0 spiro atoms. The minimum atomic E-state index is -4.48. The number of phosphoric ester groups is 1. The molecule has 0 aliphatic heterocycles. The molecular formula is C9H21O7P. The van der Waals surface area contributed by atoms with Gasteiger partial charge in [0.1, 0.15) is 0 Å². The highest BCUT2D eigenvalue weighted by molar-refractivity contribution is 7.46. The first-order valence-electron chi connectivity index (χ1n) is 5.51. The maximum atomic E-state index is 10.5. The van der Waals surface area contributed by atoms with E-state index in [2.05, 4.69) is 4.52 Å². The maximum Gasteiger partial charge on any atom is 0.469 e. The standard InChI is InChI=1S/C9H21O7P/c1-4-13-9(14-5-2,15-6-3)7-8-16-17(10,11)12/h4-8H2,1-3H3,(H2,10,11,12). The molecule has 0 aromatic carbocycles. The van der Waals surface area contributed by atoms with Crippen LogP contribution in [0.3, 0.4) is 0 Å². The van der Waals surface area contributed by atoms with E-state index < -0.39 is 13.8 Å². The van der Waals surface area contributed by atoms with Crippen molar-refractivity contribution in [1.82, 2.24) is 0 Å². The van der Waals surface area contributed by atoms with E-state index in [1.54, 1.807) is 20.8 Å². The van der Waals surface area contributed by atoms with Gasteiger partial charge in [-0.1, -0.05) is 0 Å². The van der Waals surface area contributed by atoms with E-state index in [0.29, 0.717) is 19.8 Å².